The first-order valence-corrected chi connectivity index (χ1v) is 6.54. The molecule has 0 amide bonds. The molecule has 4 saturated carbocycles. The van der Waals surface area contributed by atoms with Crippen LogP contribution in [0.1, 0.15) is 38.5 Å². The molecule has 4 aliphatic carbocycles. The zero-order valence-electron chi connectivity index (χ0n) is 9.71. The van der Waals surface area contributed by atoms with Gasteiger partial charge in [-0.15, -0.1) is 0 Å². The molecule has 0 aromatic heterocycles. The van der Waals surface area contributed by atoms with E-state index < -0.39 is 0 Å². The molecule has 2 heteroatoms. The summed E-state index contributed by atoms with van der Waals surface area (Å²) in [5.74, 6) is 2.95. The third kappa shape index (κ3) is 1.45. The van der Waals surface area contributed by atoms with Crippen molar-refractivity contribution in [2.24, 2.45) is 23.2 Å². The third-order valence-electron chi connectivity index (χ3n) is 5.36. The summed E-state index contributed by atoms with van der Waals surface area (Å²) in [5, 5.41) is 12.9. The number of aliphatic hydroxyl groups is 1. The summed E-state index contributed by atoms with van der Waals surface area (Å²) < 4.78 is 0. The van der Waals surface area contributed by atoms with Crippen molar-refractivity contribution in [1.82, 2.24) is 5.32 Å². The van der Waals surface area contributed by atoms with Gasteiger partial charge in [-0.25, -0.2) is 0 Å². The monoisotopic (exact) mass is 209 g/mol. The molecule has 2 N–H and O–H groups in total. The first kappa shape index (κ1) is 10.1. The van der Waals surface area contributed by atoms with Crippen LogP contribution in [0.2, 0.25) is 0 Å². The maximum atomic E-state index is 9.52. The quantitative estimate of drug-likeness (QED) is 0.742. The van der Waals surface area contributed by atoms with Crippen molar-refractivity contribution < 1.29 is 5.11 Å². The van der Waals surface area contributed by atoms with Crippen molar-refractivity contribution in [3.63, 3.8) is 0 Å². The smallest absolute Gasteiger partial charge is 0.0589 e. The van der Waals surface area contributed by atoms with Crippen molar-refractivity contribution in [2.45, 2.75) is 44.6 Å². The van der Waals surface area contributed by atoms with Gasteiger partial charge in [-0.1, -0.05) is 0 Å². The number of nitrogens with one attached hydrogen (secondary N) is 1. The fourth-order valence-corrected chi connectivity index (χ4v) is 5.20. The van der Waals surface area contributed by atoms with Crippen LogP contribution in [-0.4, -0.2) is 24.8 Å². The molecule has 4 fully saturated rings. The van der Waals surface area contributed by atoms with Gasteiger partial charge in [0.25, 0.3) is 0 Å². The molecule has 4 rings (SSSR count). The molecular weight excluding hydrogens is 186 g/mol. The second kappa shape index (κ2) is 3.46. The molecule has 1 unspecified atom stereocenters. The highest BCUT2D eigenvalue weighted by atomic mass is 16.3. The molecule has 0 heterocycles. The number of hydrogen-bond acceptors (Lipinski definition) is 2. The van der Waals surface area contributed by atoms with Crippen molar-refractivity contribution in [3.05, 3.63) is 0 Å². The van der Waals surface area contributed by atoms with Gasteiger partial charge in [-0.05, 0) is 68.7 Å². The summed E-state index contributed by atoms with van der Waals surface area (Å²) in [5.41, 5.74) is 0.457. The van der Waals surface area contributed by atoms with Crippen molar-refractivity contribution in [3.8, 4) is 0 Å². The summed E-state index contributed by atoms with van der Waals surface area (Å²) in [6.45, 7) is 0.322. The van der Waals surface area contributed by atoms with Gasteiger partial charge >= 0.3 is 0 Å². The van der Waals surface area contributed by atoms with E-state index in [9.17, 15) is 5.11 Å². The average molecular weight is 209 g/mol. The maximum absolute atomic E-state index is 9.52. The van der Waals surface area contributed by atoms with Crippen LogP contribution < -0.4 is 5.32 Å². The lowest BCUT2D eigenvalue weighted by molar-refractivity contribution is -0.0810. The highest BCUT2D eigenvalue weighted by Gasteiger charge is 2.53. The van der Waals surface area contributed by atoms with Crippen molar-refractivity contribution in [1.29, 1.82) is 0 Å². The fraction of sp³-hybridized carbons (Fsp3) is 1.00. The molecule has 0 radical (unpaired) electrons. The predicted octanol–water partition coefficient (Wildman–Crippen LogP) is 1.78. The van der Waals surface area contributed by atoms with Gasteiger partial charge in [0.1, 0.15) is 0 Å². The van der Waals surface area contributed by atoms with Gasteiger partial charge in [0.15, 0.2) is 0 Å². The molecule has 15 heavy (non-hydrogen) atoms. The summed E-state index contributed by atoms with van der Waals surface area (Å²) in [6, 6.07) is 0.353. The van der Waals surface area contributed by atoms with Crippen molar-refractivity contribution in [2.75, 3.05) is 13.7 Å². The fourth-order valence-electron chi connectivity index (χ4n) is 5.20. The van der Waals surface area contributed by atoms with E-state index in [1.54, 1.807) is 0 Å². The van der Waals surface area contributed by atoms with E-state index in [4.69, 9.17) is 0 Å². The Balaban J connectivity index is 1.86. The van der Waals surface area contributed by atoms with Gasteiger partial charge in [-0.2, -0.15) is 0 Å². The van der Waals surface area contributed by atoms with Crippen LogP contribution in [0.15, 0.2) is 0 Å². The Morgan fingerprint density at radius 3 is 1.93 bits per heavy atom. The van der Waals surface area contributed by atoms with E-state index in [-0.39, 0.29) is 0 Å². The van der Waals surface area contributed by atoms with Crippen molar-refractivity contribution >= 4 is 0 Å². The Kier molecular flexibility index (Phi) is 2.33. The minimum Gasteiger partial charge on any atom is -0.395 e. The van der Waals surface area contributed by atoms with E-state index >= 15 is 0 Å². The predicted molar refractivity (Wildman–Crippen MR) is 60.5 cm³/mol. The lowest BCUT2D eigenvalue weighted by atomic mass is 9.48. The van der Waals surface area contributed by atoms with E-state index in [0.29, 0.717) is 18.1 Å². The molecular formula is C13H23NO. The molecule has 0 aliphatic heterocycles. The highest BCUT2D eigenvalue weighted by molar-refractivity contribution is 5.05. The highest BCUT2D eigenvalue weighted by Crippen LogP contribution is 2.61. The van der Waals surface area contributed by atoms with Crippen LogP contribution >= 0.6 is 0 Å². The van der Waals surface area contributed by atoms with Crippen LogP contribution in [0.25, 0.3) is 0 Å². The zero-order valence-corrected chi connectivity index (χ0v) is 9.71. The number of likely N-dealkylation sites (N-methyl/N-ethyl adjacent to an activating group) is 1. The van der Waals surface area contributed by atoms with Crippen LogP contribution in [0, 0.1) is 23.2 Å². The van der Waals surface area contributed by atoms with Gasteiger partial charge in [0.2, 0.25) is 0 Å². The summed E-state index contributed by atoms with van der Waals surface area (Å²) in [4.78, 5) is 0. The first-order valence-electron chi connectivity index (χ1n) is 6.54. The van der Waals surface area contributed by atoms with E-state index in [2.05, 4.69) is 5.32 Å². The Morgan fingerprint density at radius 1 is 1.13 bits per heavy atom. The van der Waals surface area contributed by atoms with Gasteiger partial charge in [-0.3, -0.25) is 0 Å². The SMILES string of the molecule is CNC(CO)C12CC3CC(CC(C3)C1)C2. The molecule has 86 valence electrons. The molecule has 4 bridgehead atoms. The molecule has 1 atom stereocenters. The molecule has 0 aromatic carbocycles. The van der Waals surface area contributed by atoms with E-state index in [0.717, 1.165) is 17.8 Å². The second-order valence-corrected chi connectivity index (χ2v) is 6.30. The Morgan fingerprint density at radius 2 is 1.60 bits per heavy atom. The zero-order chi connectivity index (χ0) is 10.5. The summed E-state index contributed by atoms with van der Waals surface area (Å²) >= 11 is 0. The lowest BCUT2D eigenvalue weighted by Crippen LogP contribution is -2.56. The van der Waals surface area contributed by atoms with Crippen LogP contribution in [0.4, 0.5) is 0 Å². The van der Waals surface area contributed by atoms with Crippen LogP contribution in [-0.2, 0) is 0 Å². The lowest BCUT2D eigenvalue weighted by Gasteiger charge is -2.59. The topological polar surface area (TPSA) is 32.3 Å². The molecule has 4 aliphatic rings. The van der Waals surface area contributed by atoms with Crippen LogP contribution in [0.5, 0.6) is 0 Å². The Hall–Kier alpha value is -0.0800. The molecule has 0 saturated heterocycles. The summed E-state index contributed by atoms with van der Waals surface area (Å²) in [6.07, 6.45) is 8.60. The maximum Gasteiger partial charge on any atom is 0.0589 e. The van der Waals surface area contributed by atoms with Gasteiger partial charge in [0.05, 0.1) is 6.61 Å². The summed E-state index contributed by atoms with van der Waals surface area (Å²) in [7, 11) is 2.01. The Labute approximate surface area is 92.4 Å². The number of hydrogen-bond donors (Lipinski definition) is 2. The minimum absolute atomic E-state index is 0.322. The molecule has 2 nitrogen and oxygen atoms in total. The van der Waals surface area contributed by atoms with E-state index in [1.807, 2.05) is 7.05 Å². The Bertz CT molecular complexity index is 212. The minimum atomic E-state index is 0.322. The average Bonchev–Trinajstić information content (AvgIpc) is 2.16. The normalized spacial score (nSPS) is 49.6. The van der Waals surface area contributed by atoms with Gasteiger partial charge < -0.3 is 10.4 Å². The largest absolute Gasteiger partial charge is 0.395 e. The number of rotatable bonds is 3. The van der Waals surface area contributed by atoms with Crippen LogP contribution in [0.3, 0.4) is 0 Å². The third-order valence-corrected chi connectivity index (χ3v) is 5.36. The second-order valence-electron chi connectivity index (χ2n) is 6.30. The van der Waals surface area contributed by atoms with Gasteiger partial charge in [0, 0.05) is 6.04 Å². The van der Waals surface area contributed by atoms with E-state index in [1.165, 1.54) is 38.5 Å². The molecule has 0 aromatic rings. The number of aliphatic hydroxyl groups excluding tert-OH is 1. The standard InChI is InChI=1S/C13H23NO/c1-14-12(8-15)13-5-9-2-10(6-13)4-11(3-9)7-13/h9-12,14-15H,2-8H2,1H3. The first-order chi connectivity index (χ1) is 7.25. The molecule has 0 spiro atoms.